The second-order valence-electron chi connectivity index (χ2n) is 9.49. The summed E-state index contributed by atoms with van der Waals surface area (Å²) in [6, 6.07) is 11.7. The van der Waals surface area contributed by atoms with Gasteiger partial charge < -0.3 is 15.1 Å². The summed E-state index contributed by atoms with van der Waals surface area (Å²) in [5.74, 6) is -5.52. The zero-order valence-corrected chi connectivity index (χ0v) is 22.2. The standard InChI is InChI=1S/C22H25N5O.2C2HF3O2/c1-25-21-15-27(13-17(21)20(24-25)14-26-11-5-2-6-12-26)22(28)19-10-9-16-7-3-4-8-18(16)23-19;2*3-2(4,5)1(6)7/h3-4,7-10H,2,5-6,11-15H2,1H3;2*(H,6,7). The fourth-order valence-electron chi connectivity index (χ4n) is 4.42. The van der Waals surface area contributed by atoms with Crippen molar-refractivity contribution in [1.82, 2.24) is 24.6 Å². The summed E-state index contributed by atoms with van der Waals surface area (Å²) < 4.78 is 65.4. The van der Waals surface area contributed by atoms with Gasteiger partial charge in [-0.05, 0) is 38.1 Å². The van der Waals surface area contributed by atoms with E-state index in [-0.39, 0.29) is 5.91 Å². The van der Waals surface area contributed by atoms with E-state index in [1.807, 2.05) is 53.0 Å². The minimum absolute atomic E-state index is 0.00845. The number of pyridine rings is 1. The van der Waals surface area contributed by atoms with Gasteiger partial charge in [0, 0.05) is 24.5 Å². The minimum atomic E-state index is -5.08. The van der Waals surface area contributed by atoms with Crippen LogP contribution in [0.5, 0.6) is 0 Å². The van der Waals surface area contributed by atoms with E-state index in [4.69, 9.17) is 24.9 Å². The highest BCUT2D eigenvalue weighted by Crippen LogP contribution is 2.28. The quantitative estimate of drug-likeness (QED) is 0.423. The molecule has 0 aliphatic carbocycles. The molecule has 228 valence electrons. The van der Waals surface area contributed by atoms with Crippen molar-refractivity contribution >= 4 is 28.7 Å². The van der Waals surface area contributed by atoms with Gasteiger partial charge in [0.25, 0.3) is 5.91 Å². The Balaban J connectivity index is 0.000000289. The van der Waals surface area contributed by atoms with E-state index in [0.717, 1.165) is 41.9 Å². The third-order valence-electron chi connectivity index (χ3n) is 6.46. The van der Waals surface area contributed by atoms with Gasteiger partial charge in [-0.2, -0.15) is 31.4 Å². The van der Waals surface area contributed by atoms with Crippen LogP contribution in [-0.4, -0.2) is 78.1 Å². The molecule has 0 unspecified atom stereocenters. The summed E-state index contributed by atoms with van der Waals surface area (Å²) in [7, 11) is 1.99. The van der Waals surface area contributed by atoms with Gasteiger partial charge >= 0.3 is 24.3 Å². The zero-order valence-electron chi connectivity index (χ0n) is 22.2. The van der Waals surface area contributed by atoms with Gasteiger partial charge in [-0.15, -0.1) is 0 Å². The van der Waals surface area contributed by atoms with Crippen LogP contribution in [-0.2, 0) is 36.3 Å². The second-order valence-corrected chi connectivity index (χ2v) is 9.49. The molecule has 2 aliphatic rings. The maximum Gasteiger partial charge on any atom is 0.490 e. The summed E-state index contributed by atoms with van der Waals surface area (Å²) >= 11 is 0. The Labute approximate surface area is 235 Å². The van der Waals surface area contributed by atoms with Crippen molar-refractivity contribution in [3.63, 3.8) is 0 Å². The molecule has 1 aromatic carbocycles. The van der Waals surface area contributed by atoms with Crippen LogP contribution in [0.4, 0.5) is 26.3 Å². The Kier molecular flexibility index (Phi) is 10.1. The van der Waals surface area contributed by atoms with Crippen molar-refractivity contribution < 1.29 is 50.9 Å². The van der Waals surface area contributed by atoms with E-state index < -0.39 is 24.3 Å². The first-order valence-corrected chi connectivity index (χ1v) is 12.6. The number of carboxylic acid groups (broad SMARTS) is 2. The Morgan fingerprint density at radius 2 is 1.43 bits per heavy atom. The number of halogens is 6. The molecule has 10 nitrogen and oxygen atoms in total. The van der Waals surface area contributed by atoms with Gasteiger partial charge in [0.2, 0.25) is 0 Å². The minimum Gasteiger partial charge on any atom is -0.475 e. The first-order chi connectivity index (χ1) is 19.6. The van der Waals surface area contributed by atoms with E-state index in [2.05, 4.69) is 9.88 Å². The maximum absolute atomic E-state index is 13.1. The van der Waals surface area contributed by atoms with Crippen LogP contribution >= 0.6 is 0 Å². The molecule has 4 heterocycles. The van der Waals surface area contributed by atoms with Crippen LogP contribution in [0.1, 0.15) is 46.7 Å². The van der Waals surface area contributed by atoms with Crippen molar-refractivity contribution in [2.24, 2.45) is 7.05 Å². The number of aromatic nitrogens is 3. The van der Waals surface area contributed by atoms with E-state index in [9.17, 15) is 31.1 Å². The third-order valence-corrected chi connectivity index (χ3v) is 6.46. The van der Waals surface area contributed by atoms with Crippen molar-refractivity contribution in [3.05, 3.63) is 59.0 Å². The SMILES string of the molecule is Cn1nc(CN2CCCCC2)c2c1CN(C(=O)c1ccc3ccccc3n1)C2.O=C(O)C(F)(F)F.O=C(O)C(F)(F)F. The lowest BCUT2D eigenvalue weighted by Crippen LogP contribution is -2.30. The number of hydrogen-bond acceptors (Lipinski definition) is 6. The second kappa shape index (κ2) is 13.2. The summed E-state index contributed by atoms with van der Waals surface area (Å²) in [6.07, 6.45) is -6.29. The van der Waals surface area contributed by atoms with E-state index in [1.165, 1.54) is 24.8 Å². The highest BCUT2D eigenvalue weighted by atomic mass is 19.4. The number of nitrogens with zero attached hydrogens (tertiary/aromatic N) is 5. The number of para-hydroxylation sites is 1. The number of likely N-dealkylation sites (tertiary alicyclic amines) is 1. The van der Waals surface area contributed by atoms with Gasteiger partial charge in [-0.25, -0.2) is 14.6 Å². The Morgan fingerprint density at radius 3 is 2.00 bits per heavy atom. The average Bonchev–Trinajstić information content (AvgIpc) is 3.49. The molecule has 16 heteroatoms. The molecular weight excluding hydrogens is 576 g/mol. The van der Waals surface area contributed by atoms with Gasteiger partial charge in [-0.1, -0.05) is 30.7 Å². The highest BCUT2D eigenvalue weighted by molar-refractivity contribution is 5.95. The Morgan fingerprint density at radius 1 is 0.857 bits per heavy atom. The van der Waals surface area contributed by atoms with Crippen molar-refractivity contribution in [3.8, 4) is 0 Å². The molecule has 0 radical (unpaired) electrons. The molecule has 1 amide bonds. The maximum atomic E-state index is 13.1. The van der Waals surface area contributed by atoms with Gasteiger partial charge in [-0.3, -0.25) is 14.4 Å². The molecule has 5 rings (SSSR count). The van der Waals surface area contributed by atoms with Gasteiger partial charge in [0.1, 0.15) is 5.69 Å². The summed E-state index contributed by atoms with van der Waals surface area (Å²) in [6.45, 7) is 4.41. The predicted octanol–water partition coefficient (Wildman–Crippen LogP) is 4.38. The third kappa shape index (κ3) is 8.41. The Bertz CT molecular complexity index is 1410. The number of aliphatic carboxylic acids is 2. The lowest BCUT2D eigenvalue weighted by Gasteiger charge is -2.26. The number of benzene rings is 1. The van der Waals surface area contributed by atoms with Crippen molar-refractivity contribution in [1.29, 1.82) is 0 Å². The lowest BCUT2D eigenvalue weighted by atomic mass is 10.1. The van der Waals surface area contributed by atoms with Gasteiger partial charge in [0.05, 0.1) is 30.0 Å². The number of rotatable bonds is 3. The normalized spacial score (nSPS) is 15.3. The first-order valence-electron chi connectivity index (χ1n) is 12.6. The number of piperidine rings is 1. The molecule has 0 saturated carbocycles. The fraction of sp³-hybridized carbons (Fsp3) is 0.423. The highest BCUT2D eigenvalue weighted by Gasteiger charge is 2.39. The van der Waals surface area contributed by atoms with E-state index >= 15 is 0 Å². The van der Waals surface area contributed by atoms with Crippen LogP contribution in [0.25, 0.3) is 10.9 Å². The molecule has 2 aliphatic heterocycles. The van der Waals surface area contributed by atoms with Crippen molar-refractivity contribution in [2.45, 2.75) is 51.2 Å². The van der Waals surface area contributed by atoms with Crippen LogP contribution < -0.4 is 0 Å². The van der Waals surface area contributed by atoms with E-state index in [0.29, 0.717) is 18.8 Å². The number of amides is 1. The Hall–Kier alpha value is -4.21. The first kappa shape index (κ1) is 32.3. The van der Waals surface area contributed by atoms with Gasteiger partial charge in [0.15, 0.2) is 0 Å². The van der Waals surface area contributed by atoms with Crippen LogP contribution in [0, 0.1) is 0 Å². The molecule has 0 atom stereocenters. The number of fused-ring (bicyclic) bond motifs is 2. The number of carbonyl (C=O) groups is 3. The molecule has 0 spiro atoms. The predicted molar refractivity (Wildman–Crippen MR) is 135 cm³/mol. The molecule has 1 saturated heterocycles. The lowest BCUT2D eigenvalue weighted by molar-refractivity contribution is -0.193. The fourth-order valence-corrected chi connectivity index (χ4v) is 4.42. The molecule has 3 aromatic rings. The topological polar surface area (TPSA) is 129 Å². The monoisotopic (exact) mass is 603 g/mol. The average molecular weight is 604 g/mol. The molecular formula is C26H27F6N5O5. The number of alkyl halides is 6. The number of carbonyl (C=O) groups excluding carboxylic acids is 1. The zero-order chi connectivity index (χ0) is 31.2. The summed E-state index contributed by atoms with van der Waals surface area (Å²) in [4.78, 5) is 39.8. The van der Waals surface area contributed by atoms with Crippen LogP contribution in [0.3, 0.4) is 0 Å². The molecule has 1 fully saturated rings. The molecule has 2 N–H and O–H groups in total. The van der Waals surface area contributed by atoms with E-state index in [1.54, 1.807) is 0 Å². The number of aryl methyl sites for hydroxylation is 1. The molecule has 0 bridgehead atoms. The number of hydrogen-bond donors (Lipinski definition) is 2. The number of carboxylic acids is 2. The van der Waals surface area contributed by atoms with Crippen LogP contribution in [0.15, 0.2) is 36.4 Å². The smallest absolute Gasteiger partial charge is 0.475 e. The van der Waals surface area contributed by atoms with Crippen molar-refractivity contribution in [2.75, 3.05) is 13.1 Å². The molecule has 42 heavy (non-hydrogen) atoms. The van der Waals surface area contributed by atoms with Crippen LogP contribution in [0.2, 0.25) is 0 Å². The summed E-state index contributed by atoms with van der Waals surface area (Å²) in [5.41, 5.74) is 4.87. The summed E-state index contributed by atoms with van der Waals surface area (Å²) in [5, 5.41) is 20.1. The largest absolute Gasteiger partial charge is 0.490 e. The molecule has 2 aromatic heterocycles.